The number of carbonyl (C=O) groups is 1. The third-order valence-corrected chi connectivity index (χ3v) is 6.92. The first kappa shape index (κ1) is 25.2. The van der Waals surface area contributed by atoms with Gasteiger partial charge in [0, 0.05) is 55.7 Å². The maximum atomic E-state index is 13.1. The lowest BCUT2D eigenvalue weighted by Crippen LogP contribution is -2.57. The van der Waals surface area contributed by atoms with Crippen LogP contribution in [0.3, 0.4) is 0 Å². The third kappa shape index (κ3) is 5.50. The molecule has 2 fully saturated rings. The highest BCUT2D eigenvalue weighted by molar-refractivity contribution is 5.80. The molecule has 0 bridgehead atoms. The minimum absolute atomic E-state index is 0.0404. The Morgan fingerprint density at radius 3 is 2.43 bits per heavy atom. The second-order valence-electron chi connectivity index (χ2n) is 10.1. The number of aromatic amines is 1. The number of carbonyl (C=O) groups excluding carboxylic acids is 1. The minimum atomic E-state index is -4.69. The standard InChI is InChI=1S/C24H30F3N5O3/c1-14-13-31(22-29-11-18(12-30-22)23(2,3)35)4-5-32(14)21(34)17-7-15(8-17)6-16-9-19(24(25,26)27)20(33)28-10-16/h9-12,14-15,17,35H,4-8,13H2,1-3H3,(H,28,33)/t14-,15?,17?/m0/s1. The van der Waals surface area contributed by atoms with Crippen molar-refractivity contribution in [2.75, 3.05) is 24.5 Å². The summed E-state index contributed by atoms with van der Waals surface area (Å²) in [4.78, 5) is 39.3. The molecule has 11 heteroatoms. The van der Waals surface area contributed by atoms with Gasteiger partial charge in [0.2, 0.25) is 11.9 Å². The highest BCUT2D eigenvalue weighted by Gasteiger charge is 2.40. The summed E-state index contributed by atoms with van der Waals surface area (Å²) in [6.07, 6.45) is 1.48. The van der Waals surface area contributed by atoms with E-state index >= 15 is 0 Å². The number of nitrogens with one attached hydrogen (secondary N) is 1. The lowest BCUT2D eigenvalue weighted by molar-refractivity contribution is -0.142. The number of hydrogen-bond donors (Lipinski definition) is 2. The summed E-state index contributed by atoms with van der Waals surface area (Å²) < 4.78 is 38.9. The molecule has 1 atom stereocenters. The maximum Gasteiger partial charge on any atom is 0.421 e. The van der Waals surface area contributed by atoms with E-state index in [0.29, 0.717) is 56.0 Å². The molecule has 190 valence electrons. The Labute approximate surface area is 201 Å². The Kier molecular flexibility index (Phi) is 6.65. The predicted octanol–water partition coefficient (Wildman–Crippen LogP) is 2.72. The number of pyridine rings is 1. The van der Waals surface area contributed by atoms with E-state index in [1.807, 2.05) is 16.7 Å². The number of aromatic nitrogens is 3. The van der Waals surface area contributed by atoms with Crippen molar-refractivity contribution in [3.8, 4) is 0 Å². The molecular formula is C24H30F3N5O3. The zero-order valence-electron chi connectivity index (χ0n) is 20.0. The highest BCUT2D eigenvalue weighted by atomic mass is 19.4. The van der Waals surface area contributed by atoms with Crippen LogP contribution in [0, 0.1) is 11.8 Å². The van der Waals surface area contributed by atoms with Gasteiger partial charge in [-0.3, -0.25) is 9.59 Å². The van der Waals surface area contributed by atoms with Crippen molar-refractivity contribution in [2.45, 2.75) is 57.9 Å². The minimum Gasteiger partial charge on any atom is -0.386 e. The summed E-state index contributed by atoms with van der Waals surface area (Å²) in [5.41, 5.74) is -2.30. The van der Waals surface area contributed by atoms with Crippen molar-refractivity contribution in [3.05, 3.63) is 51.7 Å². The first-order valence-corrected chi connectivity index (χ1v) is 11.7. The number of anilines is 1. The molecule has 1 saturated carbocycles. The fourth-order valence-electron chi connectivity index (χ4n) is 4.80. The van der Waals surface area contributed by atoms with Crippen molar-refractivity contribution < 1.29 is 23.1 Å². The first-order chi connectivity index (χ1) is 16.3. The van der Waals surface area contributed by atoms with Crippen molar-refractivity contribution in [1.82, 2.24) is 19.9 Å². The van der Waals surface area contributed by atoms with Gasteiger partial charge >= 0.3 is 6.18 Å². The molecule has 2 aromatic rings. The molecular weight excluding hydrogens is 463 g/mol. The Bertz CT molecular complexity index is 1120. The van der Waals surface area contributed by atoms with Crippen LogP contribution in [-0.4, -0.2) is 56.5 Å². The number of rotatable bonds is 5. The summed E-state index contributed by atoms with van der Waals surface area (Å²) in [5.74, 6) is 0.598. The van der Waals surface area contributed by atoms with Gasteiger partial charge in [-0.1, -0.05) is 0 Å². The second-order valence-corrected chi connectivity index (χ2v) is 10.1. The summed E-state index contributed by atoms with van der Waals surface area (Å²) in [5, 5.41) is 10.1. The molecule has 2 aliphatic rings. The van der Waals surface area contributed by atoms with Gasteiger partial charge in [-0.05, 0) is 57.6 Å². The van der Waals surface area contributed by atoms with Crippen LogP contribution >= 0.6 is 0 Å². The van der Waals surface area contributed by atoms with Crippen LogP contribution < -0.4 is 10.5 Å². The van der Waals surface area contributed by atoms with E-state index in [1.165, 1.54) is 6.20 Å². The molecule has 0 unspecified atom stereocenters. The van der Waals surface area contributed by atoms with Crippen molar-refractivity contribution in [3.63, 3.8) is 0 Å². The number of alkyl halides is 3. The largest absolute Gasteiger partial charge is 0.421 e. The van der Waals surface area contributed by atoms with Crippen LogP contribution in [-0.2, 0) is 23.0 Å². The molecule has 0 radical (unpaired) electrons. The Morgan fingerprint density at radius 2 is 1.86 bits per heavy atom. The van der Waals surface area contributed by atoms with E-state index in [-0.39, 0.29) is 23.8 Å². The molecule has 2 aromatic heterocycles. The van der Waals surface area contributed by atoms with Gasteiger partial charge in [-0.2, -0.15) is 13.2 Å². The summed E-state index contributed by atoms with van der Waals surface area (Å²) >= 11 is 0. The number of halogens is 3. The fourth-order valence-corrected chi connectivity index (χ4v) is 4.80. The average Bonchev–Trinajstić information content (AvgIpc) is 2.75. The molecule has 0 aromatic carbocycles. The molecule has 8 nitrogen and oxygen atoms in total. The monoisotopic (exact) mass is 493 g/mol. The summed E-state index contributed by atoms with van der Waals surface area (Å²) in [6, 6.07) is 0.868. The highest BCUT2D eigenvalue weighted by Crippen LogP contribution is 2.38. The van der Waals surface area contributed by atoms with Crippen LogP contribution in [0.5, 0.6) is 0 Å². The van der Waals surface area contributed by atoms with E-state index in [0.717, 1.165) is 6.07 Å². The Hall–Kier alpha value is -2.95. The third-order valence-electron chi connectivity index (χ3n) is 6.92. The van der Waals surface area contributed by atoms with Crippen molar-refractivity contribution in [1.29, 1.82) is 0 Å². The van der Waals surface area contributed by atoms with Crippen LogP contribution in [0.25, 0.3) is 0 Å². The quantitative estimate of drug-likeness (QED) is 0.664. The van der Waals surface area contributed by atoms with E-state index in [2.05, 4.69) is 15.0 Å². The first-order valence-electron chi connectivity index (χ1n) is 11.7. The van der Waals surface area contributed by atoms with Crippen LogP contribution in [0.2, 0.25) is 0 Å². The zero-order chi connectivity index (χ0) is 25.5. The maximum absolute atomic E-state index is 13.1. The molecule has 4 rings (SSSR count). The van der Waals surface area contributed by atoms with Crippen molar-refractivity contribution >= 4 is 11.9 Å². The number of hydrogen-bond acceptors (Lipinski definition) is 6. The van der Waals surface area contributed by atoms with E-state index in [4.69, 9.17) is 0 Å². The number of aliphatic hydroxyl groups is 1. The second kappa shape index (κ2) is 9.25. The molecule has 3 heterocycles. The van der Waals surface area contributed by atoms with Gasteiger partial charge in [0.1, 0.15) is 5.56 Å². The number of H-pyrrole nitrogens is 1. The molecule has 1 amide bonds. The Morgan fingerprint density at radius 1 is 1.20 bits per heavy atom. The lowest BCUT2D eigenvalue weighted by atomic mass is 9.71. The predicted molar refractivity (Wildman–Crippen MR) is 123 cm³/mol. The van der Waals surface area contributed by atoms with Crippen LogP contribution in [0.1, 0.15) is 50.3 Å². The number of piperazine rings is 1. The van der Waals surface area contributed by atoms with Gasteiger partial charge in [-0.25, -0.2) is 9.97 Å². The molecule has 0 spiro atoms. The molecule has 1 aliphatic heterocycles. The molecule has 35 heavy (non-hydrogen) atoms. The van der Waals surface area contributed by atoms with E-state index in [1.54, 1.807) is 26.2 Å². The van der Waals surface area contributed by atoms with Crippen molar-refractivity contribution in [2.24, 2.45) is 11.8 Å². The van der Waals surface area contributed by atoms with Crippen LogP contribution in [0.4, 0.5) is 19.1 Å². The van der Waals surface area contributed by atoms with E-state index in [9.17, 15) is 27.9 Å². The van der Waals surface area contributed by atoms with Gasteiger partial charge in [0.25, 0.3) is 5.56 Å². The lowest BCUT2D eigenvalue weighted by Gasteiger charge is -2.44. The van der Waals surface area contributed by atoms with Gasteiger partial charge < -0.3 is 19.9 Å². The molecule has 1 aliphatic carbocycles. The van der Waals surface area contributed by atoms with Gasteiger partial charge in [-0.15, -0.1) is 0 Å². The number of nitrogens with zero attached hydrogens (tertiary/aromatic N) is 4. The van der Waals surface area contributed by atoms with Gasteiger partial charge in [0.15, 0.2) is 0 Å². The average molecular weight is 494 g/mol. The fraction of sp³-hybridized carbons (Fsp3) is 0.583. The smallest absolute Gasteiger partial charge is 0.386 e. The summed E-state index contributed by atoms with van der Waals surface area (Å²) in [6.45, 7) is 7.02. The van der Waals surface area contributed by atoms with Crippen LogP contribution in [0.15, 0.2) is 29.5 Å². The number of amides is 1. The molecule has 2 N–H and O–H groups in total. The Balaban J connectivity index is 1.30. The topological polar surface area (TPSA) is 102 Å². The van der Waals surface area contributed by atoms with Gasteiger partial charge in [0.05, 0.1) is 5.60 Å². The summed E-state index contributed by atoms with van der Waals surface area (Å²) in [7, 11) is 0. The van der Waals surface area contributed by atoms with E-state index < -0.39 is 22.9 Å². The molecule has 1 saturated heterocycles. The zero-order valence-corrected chi connectivity index (χ0v) is 20.0. The SMILES string of the molecule is C[C@H]1CN(c2ncc(C(C)(C)O)cn2)CCN1C(=O)C1CC(Cc2c[nH]c(=O)c(C(F)(F)F)c2)C1. The normalized spacial score (nSPS) is 23.2.